The van der Waals surface area contributed by atoms with E-state index in [0.717, 1.165) is 11.8 Å². The number of aromatic nitrogens is 3. The predicted octanol–water partition coefficient (Wildman–Crippen LogP) is 0.193. The summed E-state index contributed by atoms with van der Waals surface area (Å²) in [4.78, 5) is 36.5. The molecule has 0 saturated carbocycles. The van der Waals surface area contributed by atoms with Gasteiger partial charge < -0.3 is 9.84 Å². The molecule has 0 aliphatic carbocycles. The van der Waals surface area contributed by atoms with E-state index in [1.165, 1.54) is 6.21 Å². The van der Waals surface area contributed by atoms with E-state index in [1.54, 1.807) is 32.0 Å². The lowest BCUT2D eigenvalue weighted by Gasteiger charge is -2.08. The third-order valence-electron chi connectivity index (χ3n) is 3.05. The van der Waals surface area contributed by atoms with Crippen molar-refractivity contribution in [3.63, 3.8) is 0 Å². The number of amides is 1. The highest BCUT2D eigenvalue weighted by molar-refractivity contribution is 8.00. The summed E-state index contributed by atoms with van der Waals surface area (Å²) in [5.74, 6) is -0.257. The number of hydrogen-bond donors (Lipinski definition) is 4. The van der Waals surface area contributed by atoms with Gasteiger partial charge in [-0.05, 0) is 26.0 Å². The molecule has 1 heterocycles. The number of para-hydroxylation sites is 1. The fourth-order valence-corrected chi connectivity index (χ4v) is 2.56. The summed E-state index contributed by atoms with van der Waals surface area (Å²) in [6.07, 6.45) is 1.28. The number of rotatable bonds is 7. The average molecular weight is 379 g/mol. The summed E-state index contributed by atoms with van der Waals surface area (Å²) in [6, 6.07) is 4.90. The number of benzene rings is 1. The quantitative estimate of drug-likeness (QED) is 0.305. The number of hydrazone groups is 1. The first-order valence-electron chi connectivity index (χ1n) is 7.55. The molecule has 0 spiro atoms. The van der Waals surface area contributed by atoms with Crippen molar-refractivity contribution in [3.8, 4) is 11.5 Å². The maximum Gasteiger partial charge on any atom is 0.342 e. The number of hydrogen-bond acceptors (Lipinski definition) is 8. The van der Waals surface area contributed by atoms with Crippen LogP contribution in [0.5, 0.6) is 11.5 Å². The normalized spacial score (nSPS) is 12.1. The van der Waals surface area contributed by atoms with Gasteiger partial charge in [0.05, 0.1) is 18.1 Å². The van der Waals surface area contributed by atoms with E-state index in [0.29, 0.717) is 17.9 Å². The van der Waals surface area contributed by atoms with Gasteiger partial charge in [-0.2, -0.15) is 10.2 Å². The van der Waals surface area contributed by atoms with Gasteiger partial charge in [0.25, 0.3) is 11.5 Å². The van der Waals surface area contributed by atoms with Crippen LogP contribution in [-0.2, 0) is 4.79 Å². The molecule has 0 radical (unpaired) electrons. The molecule has 1 aromatic carbocycles. The van der Waals surface area contributed by atoms with E-state index >= 15 is 0 Å². The number of phenols is 1. The van der Waals surface area contributed by atoms with Crippen LogP contribution in [0.3, 0.4) is 0 Å². The summed E-state index contributed by atoms with van der Waals surface area (Å²) < 4.78 is 5.26. The van der Waals surface area contributed by atoms with Gasteiger partial charge in [-0.25, -0.2) is 15.3 Å². The number of carbonyl (C=O) groups is 1. The van der Waals surface area contributed by atoms with Gasteiger partial charge in [-0.3, -0.25) is 14.6 Å². The van der Waals surface area contributed by atoms with Gasteiger partial charge in [0.2, 0.25) is 0 Å². The van der Waals surface area contributed by atoms with Crippen LogP contribution >= 0.6 is 11.8 Å². The first kappa shape index (κ1) is 19.2. The van der Waals surface area contributed by atoms with E-state index in [4.69, 9.17) is 4.74 Å². The number of ether oxygens (including phenoxy) is 1. The summed E-state index contributed by atoms with van der Waals surface area (Å²) in [5.41, 5.74) is 1.27. The second kappa shape index (κ2) is 8.85. The highest BCUT2D eigenvalue weighted by Gasteiger charge is 2.17. The van der Waals surface area contributed by atoms with Gasteiger partial charge in [0.1, 0.15) is 0 Å². The Balaban J connectivity index is 1.99. The highest BCUT2D eigenvalue weighted by atomic mass is 32.2. The standard InChI is InChI=1S/C15H17N5O5S/c1-3-25-10-6-4-5-9(11(10)21)7-16-18-12(22)8(2)26-14-13(23)17-15(24)20-19-14/h4-8,21H,3H2,1-2H3,(H,18,22)(H2,17,20,23,24)/b16-7+. The third-order valence-corrected chi connectivity index (χ3v) is 4.11. The van der Waals surface area contributed by atoms with Gasteiger partial charge >= 0.3 is 5.69 Å². The Kier molecular flexibility index (Phi) is 6.55. The minimum atomic E-state index is -0.727. The number of nitrogens with one attached hydrogen (secondary N) is 3. The molecular formula is C15H17N5O5S. The Morgan fingerprint density at radius 3 is 2.96 bits per heavy atom. The summed E-state index contributed by atoms with van der Waals surface area (Å²) in [6.45, 7) is 3.74. The molecule has 1 amide bonds. The summed E-state index contributed by atoms with van der Waals surface area (Å²) in [7, 11) is 0. The van der Waals surface area contributed by atoms with Gasteiger partial charge in [-0.1, -0.05) is 17.8 Å². The number of carbonyl (C=O) groups excluding carboxylic acids is 1. The molecule has 138 valence electrons. The third kappa shape index (κ3) is 4.96. The molecule has 0 bridgehead atoms. The number of nitrogens with zero attached hydrogens (tertiary/aromatic N) is 2. The lowest BCUT2D eigenvalue weighted by atomic mass is 10.2. The molecular weight excluding hydrogens is 362 g/mol. The lowest BCUT2D eigenvalue weighted by Crippen LogP contribution is -2.30. The molecule has 26 heavy (non-hydrogen) atoms. The maximum absolute atomic E-state index is 12.0. The Morgan fingerprint density at radius 2 is 2.27 bits per heavy atom. The minimum Gasteiger partial charge on any atom is -0.504 e. The van der Waals surface area contributed by atoms with Crippen LogP contribution in [0.25, 0.3) is 0 Å². The summed E-state index contributed by atoms with van der Waals surface area (Å²) in [5, 5.41) is 18.7. The Labute approximate surface area is 151 Å². The van der Waals surface area contributed by atoms with Crippen molar-refractivity contribution < 1.29 is 14.6 Å². The summed E-state index contributed by atoms with van der Waals surface area (Å²) >= 11 is 0.865. The molecule has 0 aliphatic heterocycles. The van der Waals surface area contributed by atoms with Crippen LogP contribution in [0, 0.1) is 0 Å². The van der Waals surface area contributed by atoms with E-state index in [1.807, 2.05) is 4.98 Å². The van der Waals surface area contributed by atoms with Gasteiger partial charge in [0, 0.05) is 5.56 Å². The van der Waals surface area contributed by atoms with E-state index < -0.39 is 22.4 Å². The smallest absolute Gasteiger partial charge is 0.342 e. The van der Waals surface area contributed by atoms with Crippen molar-refractivity contribution in [1.82, 2.24) is 20.6 Å². The number of thioether (sulfide) groups is 1. The molecule has 1 unspecified atom stereocenters. The van der Waals surface area contributed by atoms with Crippen molar-refractivity contribution >= 4 is 23.9 Å². The monoisotopic (exact) mass is 379 g/mol. The predicted molar refractivity (Wildman–Crippen MR) is 95.8 cm³/mol. The zero-order valence-corrected chi connectivity index (χ0v) is 14.8. The van der Waals surface area contributed by atoms with Crippen molar-refractivity contribution in [3.05, 3.63) is 44.6 Å². The average Bonchev–Trinajstić information content (AvgIpc) is 2.60. The second-order valence-electron chi connectivity index (χ2n) is 4.93. The first-order chi connectivity index (χ1) is 12.4. The van der Waals surface area contributed by atoms with Crippen molar-refractivity contribution in [2.24, 2.45) is 5.10 Å². The zero-order valence-electron chi connectivity index (χ0n) is 14.0. The highest BCUT2D eigenvalue weighted by Crippen LogP contribution is 2.28. The van der Waals surface area contributed by atoms with Crippen molar-refractivity contribution in [2.45, 2.75) is 24.1 Å². The van der Waals surface area contributed by atoms with Crippen molar-refractivity contribution in [1.29, 1.82) is 0 Å². The molecule has 2 rings (SSSR count). The Morgan fingerprint density at radius 1 is 1.50 bits per heavy atom. The first-order valence-corrected chi connectivity index (χ1v) is 8.43. The number of phenolic OH excluding ortho intramolecular Hbond substituents is 1. The fraction of sp³-hybridized carbons (Fsp3) is 0.267. The fourth-order valence-electron chi connectivity index (χ4n) is 1.81. The molecule has 0 fully saturated rings. The van der Waals surface area contributed by atoms with Crippen LogP contribution in [0.2, 0.25) is 0 Å². The molecule has 0 aliphatic rings. The molecule has 0 saturated heterocycles. The largest absolute Gasteiger partial charge is 0.504 e. The van der Waals surface area contributed by atoms with Gasteiger partial charge in [-0.15, -0.1) is 0 Å². The van der Waals surface area contributed by atoms with E-state index in [2.05, 4.69) is 20.7 Å². The second-order valence-corrected chi connectivity index (χ2v) is 6.26. The van der Waals surface area contributed by atoms with E-state index in [9.17, 15) is 19.5 Å². The molecule has 4 N–H and O–H groups in total. The lowest BCUT2D eigenvalue weighted by molar-refractivity contribution is -0.120. The van der Waals surface area contributed by atoms with E-state index in [-0.39, 0.29) is 10.8 Å². The molecule has 11 heteroatoms. The van der Waals surface area contributed by atoms with Crippen LogP contribution in [0.15, 0.2) is 37.9 Å². The van der Waals surface area contributed by atoms with Crippen LogP contribution < -0.4 is 21.4 Å². The number of aromatic amines is 2. The van der Waals surface area contributed by atoms with Crippen molar-refractivity contribution in [2.75, 3.05) is 6.61 Å². The number of H-pyrrole nitrogens is 2. The molecule has 1 atom stereocenters. The topological polar surface area (TPSA) is 150 Å². The molecule has 10 nitrogen and oxygen atoms in total. The van der Waals surface area contributed by atoms with Crippen LogP contribution in [-0.4, -0.2) is 44.3 Å². The minimum absolute atomic E-state index is 0.0433. The van der Waals surface area contributed by atoms with Crippen LogP contribution in [0.1, 0.15) is 19.4 Å². The molecule has 2 aromatic rings. The maximum atomic E-state index is 12.0. The SMILES string of the molecule is CCOc1cccc(/C=N/NC(=O)C(C)Sc2n[nH]c(=O)[nH]c2=O)c1O. The zero-order chi connectivity index (χ0) is 19.1. The Hall–Kier alpha value is -3.08. The molecule has 1 aromatic heterocycles. The Bertz CT molecular complexity index is 923. The number of aromatic hydroxyl groups is 1. The van der Waals surface area contributed by atoms with Crippen LogP contribution in [0.4, 0.5) is 0 Å². The van der Waals surface area contributed by atoms with Gasteiger partial charge in [0.15, 0.2) is 16.5 Å².